The van der Waals surface area contributed by atoms with E-state index in [2.05, 4.69) is 35.6 Å². The van der Waals surface area contributed by atoms with Crippen molar-refractivity contribution in [2.75, 3.05) is 12.0 Å². The quantitative estimate of drug-likeness (QED) is 0.761. The molecule has 1 aromatic heterocycles. The van der Waals surface area contributed by atoms with Crippen LogP contribution < -0.4 is 5.32 Å². The zero-order valence-electron chi connectivity index (χ0n) is 9.08. The van der Waals surface area contributed by atoms with Crippen molar-refractivity contribution in [3.8, 4) is 0 Å². The van der Waals surface area contributed by atoms with Gasteiger partial charge in [-0.1, -0.05) is 0 Å². The average molecular weight is 213 g/mol. The summed E-state index contributed by atoms with van der Waals surface area (Å²) in [7, 11) is 0. The van der Waals surface area contributed by atoms with Crippen molar-refractivity contribution in [1.29, 1.82) is 0 Å². The first-order chi connectivity index (χ1) is 6.74. The molecule has 4 heteroatoms. The highest BCUT2D eigenvalue weighted by molar-refractivity contribution is 7.98. The predicted octanol–water partition coefficient (Wildman–Crippen LogP) is 2.20. The van der Waals surface area contributed by atoms with Gasteiger partial charge in [-0.3, -0.25) is 5.10 Å². The highest BCUT2D eigenvalue weighted by atomic mass is 32.2. The number of aromatic amines is 1. The van der Waals surface area contributed by atoms with E-state index in [1.54, 1.807) is 6.20 Å². The van der Waals surface area contributed by atoms with Crippen LogP contribution in [0.15, 0.2) is 12.3 Å². The van der Waals surface area contributed by atoms with Crippen LogP contribution in [-0.2, 0) is 0 Å². The van der Waals surface area contributed by atoms with Crippen molar-refractivity contribution in [2.24, 2.45) is 0 Å². The summed E-state index contributed by atoms with van der Waals surface area (Å²) in [4.78, 5) is 0. The minimum absolute atomic E-state index is 0.356. The molecular weight excluding hydrogens is 194 g/mol. The van der Waals surface area contributed by atoms with Gasteiger partial charge in [-0.05, 0) is 38.3 Å². The fourth-order valence-electron chi connectivity index (χ4n) is 1.40. The van der Waals surface area contributed by atoms with E-state index in [9.17, 15) is 0 Å². The lowest BCUT2D eigenvalue weighted by Gasteiger charge is -2.18. The normalized spacial score (nSPS) is 15.4. The molecule has 3 nitrogen and oxygen atoms in total. The van der Waals surface area contributed by atoms with Crippen LogP contribution >= 0.6 is 11.8 Å². The van der Waals surface area contributed by atoms with Gasteiger partial charge >= 0.3 is 0 Å². The zero-order chi connectivity index (χ0) is 10.4. The largest absolute Gasteiger partial charge is 0.306 e. The number of nitrogens with one attached hydrogen (secondary N) is 2. The Bertz CT molecular complexity index is 236. The van der Waals surface area contributed by atoms with Crippen molar-refractivity contribution in [1.82, 2.24) is 15.5 Å². The van der Waals surface area contributed by atoms with Gasteiger partial charge in [0.05, 0.1) is 5.69 Å². The molecule has 1 rings (SSSR count). The van der Waals surface area contributed by atoms with Crippen molar-refractivity contribution < 1.29 is 0 Å². The average Bonchev–Trinajstić information content (AvgIpc) is 2.67. The second-order valence-corrected chi connectivity index (χ2v) is 4.57. The van der Waals surface area contributed by atoms with E-state index in [1.165, 1.54) is 12.2 Å². The number of thioether (sulfide) groups is 1. The van der Waals surface area contributed by atoms with Crippen molar-refractivity contribution in [3.63, 3.8) is 0 Å². The minimum atomic E-state index is 0.356. The topological polar surface area (TPSA) is 40.7 Å². The molecule has 2 N–H and O–H groups in total. The number of hydrogen-bond acceptors (Lipinski definition) is 3. The third-order valence-electron chi connectivity index (χ3n) is 2.28. The van der Waals surface area contributed by atoms with Gasteiger partial charge in [0.2, 0.25) is 0 Å². The van der Waals surface area contributed by atoms with E-state index in [0.29, 0.717) is 12.1 Å². The van der Waals surface area contributed by atoms with Crippen LogP contribution in [-0.4, -0.2) is 28.2 Å². The Morgan fingerprint density at radius 3 is 2.93 bits per heavy atom. The van der Waals surface area contributed by atoms with Gasteiger partial charge < -0.3 is 5.32 Å². The van der Waals surface area contributed by atoms with E-state index in [4.69, 9.17) is 0 Å². The van der Waals surface area contributed by atoms with E-state index >= 15 is 0 Å². The lowest BCUT2D eigenvalue weighted by molar-refractivity contribution is 0.464. The molecule has 14 heavy (non-hydrogen) atoms. The maximum absolute atomic E-state index is 3.94. The summed E-state index contributed by atoms with van der Waals surface area (Å²) < 4.78 is 0. The van der Waals surface area contributed by atoms with Crippen molar-refractivity contribution in [2.45, 2.75) is 32.4 Å². The molecular formula is C10H19N3S. The van der Waals surface area contributed by atoms with Gasteiger partial charge in [0.1, 0.15) is 0 Å². The molecule has 2 unspecified atom stereocenters. The minimum Gasteiger partial charge on any atom is -0.306 e. The molecule has 1 heterocycles. The molecule has 0 saturated heterocycles. The molecule has 1 aromatic rings. The lowest BCUT2D eigenvalue weighted by Crippen LogP contribution is -2.29. The molecule has 0 spiro atoms. The summed E-state index contributed by atoms with van der Waals surface area (Å²) >= 11 is 1.89. The van der Waals surface area contributed by atoms with Crippen LogP contribution in [0.5, 0.6) is 0 Å². The summed E-state index contributed by atoms with van der Waals surface area (Å²) in [5, 5.41) is 10.5. The second kappa shape index (κ2) is 6.09. The Morgan fingerprint density at radius 2 is 2.36 bits per heavy atom. The summed E-state index contributed by atoms with van der Waals surface area (Å²) in [5.74, 6) is 1.21. The fourth-order valence-corrected chi connectivity index (χ4v) is 1.99. The fraction of sp³-hybridized carbons (Fsp3) is 0.700. The van der Waals surface area contributed by atoms with Crippen LogP contribution in [0.3, 0.4) is 0 Å². The van der Waals surface area contributed by atoms with E-state index in [0.717, 1.165) is 5.69 Å². The van der Waals surface area contributed by atoms with Crippen LogP contribution in [0, 0.1) is 0 Å². The molecule has 0 aliphatic heterocycles. The molecule has 80 valence electrons. The number of H-pyrrole nitrogens is 1. The van der Waals surface area contributed by atoms with Crippen LogP contribution in [0.25, 0.3) is 0 Å². The Hall–Kier alpha value is -0.480. The van der Waals surface area contributed by atoms with Gasteiger partial charge in [0, 0.05) is 18.3 Å². The summed E-state index contributed by atoms with van der Waals surface area (Å²) in [6.45, 7) is 4.38. The van der Waals surface area contributed by atoms with E-state index in [-0.39, 0.29) is 0 Å². The third-order valence-corrected chi connectivity index (χ3v) is 2.92. The standard InChI is InChI=1S/C10H19N3S/c1-8(5-7-14-3)12-9(2)10-4-6-11-13-10/h4,6,8-9,12H,5,7H2,1-3H3,(H,11,13). The number of nitrogens with zero attached hydrogens (tertiary/aromatic N) is 1. The molecule has 0 radical (unpaired) electrons. The van der Waals surface area contributed by atoms with Crippen molar-refractivity contribution in [3.05, 3.63) is 18.0 Å². The van der Waals surface area contributed by atoms with Gasteiger partial charge in [-0.15, -0.1) is 0 Å². The lowest BCUT2D eigenvalue weighted by atomic mass is 10.2. The number of hydrogen-bond donors (Lipinski definition) is 2. The van der Waals surface area contributed by atoms with Gasteiger partial charge in [0.15, 0.2) is 0 Å². The second-order valence-electron chi connectivity index (χ2n) is 3.58. The van der Waals surface area contributed by atoms with E-state index in [1.807, 2.05) is 17.8 Å². The Labute approximate surface area is 90.1 Å². The van der Waals surface area contributed by atoms with Crippen LogP contribution in [0.1, 0.15) is 32.0 Å². The summed E-state index contributed by atoms with van der Waals surface area (Å²) in [6, 6.07) is 2.92. The maximum Gasteiger partial charge on any atom is 0.0518 e. The summed E-state index contributed by atoms with van der Waals surface area (Å²) in [5.41, 5.74) is 1.15. The Morgan fingerprint density at radius 1 is 1.57 bits per heavy atom. The maximum atomic E-state index is 3.94. The molecule has 0 amide bonds. The van der Waals surface area contributed by atoms with Crippen LogP contribution in [0.4, 0.5) is 0 Å². The zero-order valence-corrected chi connectivity index (χ0v) is 9.90. The SMILES string of the molecule is CSCCC(C)NC(C)c1ccn[nH]1. The number of rotatable bonds is 6. The Kier molecular flexibility index (Phi) is 5.04. The predicted molar refractivity (Wildman–Crippen MR) is 62.6 cm³/mol. The molecule has 0 fully saturated rings. The van der Waals surface area contributed by atoms with Crippen molar-refractivity contribution >= 4 is 11.8 Å². The molecule has 2 atom stereocenters. The first-order valence-electron chi connectivity index (χ1n) is 4.98. The molecule has 0 bridgehead atoms. The monoisotopic (exact) mass is 213 g/mol. The molecule has 0 aliphatic rings. The van der Waals surface area contributed by atoms with Gasteiger partial charge in [-0.25, -0.2) is 0 Å². The highest BCUT2D eigenvalue weighted by Crippen LogP contribution is 2.10. The first kappa shape index (κ1) is 11.6. The molecule has 0 aliphatic carbocycles. The van der Waals surface area contributed by atoms with Crippen LogP contribution in [0.2, 0.25) is 0 Å². The van der Waals surface area contributed by atoms with Gasteiger partial charge in [-0.2, -0.15) is 16.9 Å². The van der Waals surface area contributed by atoms with E-state index < -0.39 is 0 Å². The number of aromatic nitrogens is 2. The molecule has 0 aromatic carbocycles. The Balaban J connectivity index is 2.29. The molecule has 0 saturated carbocycles. The highest BCUT2D eigenvalue weighted by Gasteiger charge is 2.09. The smallest absolute Gasteiger partial charge is 0.0518 e. The third kappa shape index (κ3) is 3.72. The first-order valence-corrected chi connectivity index (χ1v) is 6.37. The summed E-state index contributed by atoms with van der Waals surface area (Å²) in [6.07, 6.45) is 5.14. The van der Waals surface area contributed by atoms with Gasteiger partial charge in [0.25, 0.3) is 0 Å².